The van der Waals surface area contributed by atoms with Gasteiger partial charge in [-0.1, -0.05) is 18.2 Å². The predicted octanol–water partition coefficient (Wildman–Crippen LogP) is 1.57. The Bertz CT molecular complexity index is 477. The molecule has 0 fully saturated rings. The molecule has 0 spiro atoms. The number of hydrogen-bond donors (Lipinski definition) is 1. The van der Waals surface area contributed by atoms with Crippen LogP contribution < -0.4 is 4.90 Å². The Morgan fingerprint density at radius 3 is 2.93 bits per heavy atom. The summed E-state index contributed by atoms with van der Waals surface area (Å²) in [6.07, 6.45) is 3.35. The second-order valence-corrected chi connectivity index (χ2v) is 4.00. The zero-order valence-electron chi connectivity index (χ0n) is 8.23. The van der Waals surface area contributed by atoms with Gasteiger partial charge in [0.2, 0.25) is 0 Å². The fraction of sp³-hybridized carbons (Fsp3) is 0.250. The molecule has 0 unspecified atom stereocenters. The summed E-state index contributed by atoms with van der Waals surface area (Å²) in [6.45, 7) is 0.906. The van der Waals surface area contributed by atoms with Crippen LogP contribution in [0.4, 0.5) is 5.69 Å². The molecule has 0 amide bonds. The second kappa shape index (κ2) is 2.86. The topological polar surface area (TPSA) is 40.5 Å². The summed E-state index contributed by atoms with van der Waals surface area (Å²) in [6, 6.07) is 6.16. The Balaban J connectivity index is 2.13. The Morgan fingerprint density at radius 2 is 2.13 bits per heavy atom. The fourth-order valence-electron chi connectivity index (χ4n) is 2.41. The molecule has 3 heteroatoms. The molecule has 2 heterocycles. The van der Waals surface area contributed by atoms with Crippen LogP contribution in [0.15, 0.2) is 30.0 Å². The van der Waals surface area contributed by atoms with Crippen molar-refractivity contribution in [3.05, 3.63) is 41.1 Å². The van der Waals surface area contributed by atoms with Gasteiger partial charge in [-0.25, -0.2) is 4.79 Å². The van der Waals surface area contributed by atoms with E-state index in [9.17, 15) is 4.79 Å². The molecule has 0 saturated carbocycles. The normalized spacial score (nSPS) is 17.3. The number of rotatable bonds is 1. The molecule has 1 N–H and O–H groups in total. The summed E-state index contributed by atoms with van der Waals surface area (Å²) >= 11 is 0. The molecule has 3 rings (SSSR count). The molecule has 0 saturated heterocycles. The summed E-state index contributed by atoms with van der Waals surface area (Å²) in [7, 11) is 0. The maximum Gasteiger partial charge on any atom is 0.333 e. The summed E-state index contributed by atoms with van der Waals surface area (Å²) in [5.74, 6) is -0.807. The van der Waals surface area contributed by atoms with Gasteiger partial charge in [-0.2, -0.15) is 0 Å². The summed E-state index contributed by atoms with van der Waals surface area (Å²) in [5.41, 5.74) is 4.21. The van der Waals surface area contributed by atoms with Crippen LogP contribution in [-0.2, 0) is 17.6 Å². The van der Waals surface area contributed by atoms with Crippen molar-refractivity contribution < 1.29 is 9.90 Å². The van der Waals surface area contributed by atoms with Crippen LogP contribution in [0.2, 0.25) is 0 Å². The van der Waals surface area contributed by atoms with Crippen LogP contribution in [0, 0.1) is 0 Å². The number of aliphatic carboxylic acids is 1. The van der Waals surface area contributed by atoms with Crippen LogP contribution in [0.1, 0.15) is 11.1 Å². The number of benzene rings is 1. The largest absolute Gasteiger partial charge is 0.478 e. The Labute approximate surface area is 87.6 Å². The minimum absolute atomic E-state index is 0.488. The van der Waals surface area contributed by atoms with Crippen molar-refractivity contribution in [2.45, 2.75) is 12.8 Å². The highest BCUT2D eigenvalue weighted by atomic mass is 16.4. The summed E-state index contributed by atoms with van der Waals surface area (Å²) in [5, 5.41) is 9.00. The first-order valence-corrected chi connectivity index (χ1v) is 5.07. The Hall–Kier alpha value is -1.77. The van der Waals surface area contributed by atoms with E-state index in [4.69, 9.17) is 5.11 Å². The van der Waals surface area contributed by atoms with Gasteiger partial charge in [0.25, 0.3) is 0 Å². The molecule has 1 aromatic carbocycles. The standard InChI is InChI=1S/C12H11NO2/c14-12(15)10-6-9-3-1-2-8-4-5-13(7-10)11(8)9/h1-3,7H,4-6H2,(H,14,15). The van der Waals surface area contributed by atoms with Gasteiger partial charge in [-0.05, 0) is 17.5 Å². The molecule has 0 aliphatic carbocycles. The molecule has 0 radical (unpaired) electrons. The van der Waals surface area contributed by atoms with Gasteiger partial charge < -0.3 is 10.0 Å². The number of para-hydroxylation sites is 1. The van der Waals surface area contributed by atoms with Gasteiger partial charge in [0, 0.05) is 24.9 Å². The minimum atomic E-state index is -0.807. The molecule has 2 aliphatic rings. The zero-order chi connectivity index (χ0) is 10.4. The van der Waals surface area contributed by atoms with Crippen LogP contribution in [0.25, 0.3) is 0 Å². The molecular weight excluding hydrogens is 190 g/mol. The van der Waals surface area contributed by atoms with E-state index in [0.717, 1.165) is 18.5 Å². The maximum absolute atomic E-state index is 10.9. The van der Waals surface area contributed by atoms with E-state index in [2.05, 4.69) is 11.0 Å². The third-order valence-electron chi connectivity index (χ3n) is 3.08. The van der Waals surface area contributed by atoms with Crippen molar-refractivity contribution >= 4 is 11.7 Å². The molecule has 3 nitrogen and oxygen atoms in total. The lowest BCUT2D eigenvalue weighted by atomic mass is 9.98. The highest BCUT2D eigenvalue weighted by molar-refractivity contribution is 5.90. The lowest BCUT2D eigenvalue weighted by Gasteiger charge is -2.23. The lowest BCUT2D eigenvalue weighted by Crippen LogP contribution is -2.21. The average Bonchev–Trinajstić information content (AvgIpc) is 2.64. The van der Waals surface area contributed by atoms with Crippen LogP contribution in [-0.4, -0.2) is 17.6 Å². The molecule has 1 aromatic rings. The van der Waals surface area contributed by atoms with E-state index in [1.807, 2.05) is 12.1 Å². The van der Waals surface area contributed by atoms with Crippen LogP contribution in [0.5, 0.6) is 0 Å². The first kappa shape index (κ1) is 8.53. The maximum atomic E-state index is 10.9. The SMILES string of the molecule is O=C(O)C1=CN2CCc3cccc(c32)C1. The summed E-state index contributed by atoms with van der Waals surface area (Å²) in [4.78, 5) is 13.0. The van der Waals surface area contributed by atoms with E-state index >= 15 is 0 Å². The smallest absolute Gasteiger partial charge is 0.333 e. The van der Waals surface area contributed by atoms with Crippen molar-refractivity contribution in [2.75, 3.05) is 11.4 Å². The number of carbonyl (C=O) groups is 1. The fourth-order valence-corrected chi connectivity index (χ4v) is 2.41. The Kier molecular flexibility index (Phi) is 1.63. The number of carboxylic acid groups (broad SMARTS) is 1. The first-order chi connectivity index (χ1) is 7.25. The van der Waals surface area contributed by atoms with E-state index in [-0.39, 0.29) is 0 Å². The van der Waals surface area contributed by atoms with Crippen molar-refractivity contribution in [1.82, 2.24) is 0 Å². The molecule has 15 heavy (non-hydrogen) atoms. The highest BCUT2D eigenvalue weighted by Gasteiger charge is 2.26. The van der Waals surface area contributed by atoms with Crippen molar-refractivity contribution in [3.8, 4) is 0 Å². The molecule has 0 aromatic heterocycles. The van der Waals surface area contributed by atoms with E-state index < -0.39 is 5.97 Å². The quantitative estimate of drug-likeness (QED) is 0.749. The molecule has 0 bridgehead atoms. The number of hydrogen-bond acceptors (Lipinski definition) is 2. The lowest BCUT2D eigenvalue weighted by molar-refractivity contribution is -0.132. The Morgan fingerprint density at radius 1 is 1.33 bits per heavy atom. The number of nitrogens with zero attached hydrogens (tertiary/aromatic N) is 1. The first-order valence-electron chi connectivity index (χ1n) is 5.07. The van der Waals surface area contributed by atoms with E-state index in [1.165, 1.54) is 11.3 Å². The molecule has 2 aliphatic heterocycles. The van der Waals surface area contributed by atoms with Gasteiger partial charge in [0.15, 0.2) is 0 Å². The van der Waals surface area contributed by atoms with Gasteiger partial charge in [-0.3, -0.25) is 0 Å². The third-order valence-corrected chi connectivity index (χ3v) is 3.08. The number of anilines is 1. The van der Waals surface area contributed by atoms with Gasteiger partial charge in [0.05, 0.1) is 5.57 Å². The minimum Gasteiger partial charge on any atom is -0.478 e. The van der Waals surface area contributed by atoms with E-state index in [1.54, 1.807) is 6.20 Å². The molecule has 0 atom stereocenters. The second-order valence-electron chi connectivity index (χ2n) is 4.00. The van der Waals surface area contributed by atoms with Crippen molar-refractivity contribution in [3.63, 3.8) is 0 Å². The summed E-state index contributed by atoms with van der Waals surface area (Å²) < 4.78 is 0. The van der Waals surface area contributed by atoms with Gasteiger partial charge in [-0.15, -0.1) is 0 Å². The monoisotopic (exact) mass is 201 g/mol. The zero-order valence-corrected chi connectivity index (χ0v) is 8.23. The molecule has 76 valence electrons. The highest BCUT2D eigenvalue weighted by Crippen LogP contribution is 2.36. The van der Waals surface area contributed by atoms with Crippen LogP contribution in [0.3, 0.4) is 0 Å². The third kappa shape index (κ3) is 1.16. The van der Waals surface area contributed by atoms with Crippen molar-refractivity contribution in [2.24, 2.45) is 0 Å². The molecular formula is C12H11NO2. The van der Waals surface area contributed by atoms with Gasteiger partial charge in [0.1, 0.15) is 0 Å². The predicted molar refractivity (Wildman–Crippen MR) is 56.9 cm³/mol. The van der Waals surface area contributed by atoms with Crippen LogP contribution >= 0.6 is 0 Å². The van der Waals surface area contributed by atoms with Gasteiger partial charge >= 0.3 is 5.97 Å². The average molecular weight is 201 g/mol. The number of carboxylic acids is 1. The van der Waals surface area contributed by atoms with Crippen molar-refractivity contribution in [1.29, 1.82) is 0 Å². The van der Waals surface area contributed by atoms with E-state index in [0.29, 0.717) is 12.0 Å².